The quantitative estimate of drug-likeness (QED) is 0.449. The van der Waals surface area contributed by atoms with E-state index in [1.165, 1.54) is 6.33 Å². The first-order valence-electron chi connectivity index (χ1n) is 9.55. The molecule has 0 saturated carbocycles. The van der Waals surface area contributed by atoms with Crippen LogP contribution in [0.2, 0.25) is 0 Å². The third-order valence-corrected chi connectivity index (χ3v) is 4.66. The van der Waals surface area contributed by atoms with Gasteiger partial charge >= 0.3 is 0 Å². The van der Waals surface area contributed by atoms with Gasteiger partial charge in [-0.2, -0.15) is 0 Å². The Labute approximate surface area is 167 Å². The first-order valence-corrected chi connectivity index (χ1v) is 9.55. The van der Waals surface area contributed by atoms with Crippen molar-refractivity contribution >= 4 is 33.4 Å². The van der Waals surface area contributed by atoms with E-state index in [-0.39, 0.29) is 0 Å². The van der Waals surface area contributed by atoms with Crippen LogP contribution in [0.4, 0.5) is 11.6 Å². The predicted molar refractivity (Wildman–Crippen MR) is 112 cm³/mol. The minimum atomic E-state index is 0.497. The Bertz CT molecular complexity index is 1120. The lowest BCUT2D eigenvalue weighted by Gasteiger charge is -2.11. The summed E-state index contributed by atoms with van der Waals surface area (Å²) in [4.78, 5) is 17.7. The Hall–Kier alpha value is -3.74. The van der Waals surface area contributed by atoms with E-state index in [4.69, 9.17) is 9.47 Å². The van der Waals surface area contributed by atoms with Gasteiger partial charge in [0.05, 0.1) is 24.1 Å². The lowest BCUT2D eigenvalue weighted by atomic mass is 10.2. The molecular weight excluding hydrogens is 366 g/mol. The number of benzene rings is 2. The van der Waals surface area contributed by atoms with Gasteiger partial charge in [-0.3, -0.25) is 0 Å². The zero-order chi connectivity index (χ0) is 19.5. The van der Waals surface area contributed by atoms with Crippen LogP contribution in [0.25, 0.3) is 21.8 Å². The van der Waals surface area contributed by atoms with E-state index in [0.29, 0.717) is 25.0 Å². The Morgan fingerprint density at radius 2 is 1.79 bits per heavy atom. The van der Waals surface area contributed by atoms with Crippen LogP contribution in [0.3, 0.4) is 0 Å². The summed E-state index contributed by atoms with van der Waals surface area (Å²) in [6, 6.07) is 11.7. The molecule has 0 radical (unpaired) electrons. The molecule has 4 aromatic rings. The van der Waals surface area contributed by atoms with Crippen molar-refractivity contribution in [3.63, 3.8) is 0 Å². The molecule has 1 aliphatic rings. The maximum atomic E-state index is 5.96. The monoisotopic (exact) mass is 385 g/mol. The van der Waals surface area contributed by atoms with Crippen LogP contribution in [0, 0.1) is 0 Å². The average molecular weight is 385 g/mol. The number of para-hydroxylation sites is 1. The van der Waals surface area contributed by atoms with E-state index in [0.717, 1.165) is 46.1 Å². The molecule has 4 bridgehead atoms. The van der Waals surface area contributed by atoms with Crippen LogP contribution in [0.5, 0.6) is 11.6 Å². The topological polar surface area (TPSA) is 82.1 Å². The van der Waals surface area contributed by atoms with Crippen molar-refractivity contribution in [1.29, 1.82) is 0 Å². The van der Waals surface area contributed by atoms with Gasteiger partial charge in [0.25, 0.3) is 0 Å². The average Bonchev–Trinajstić information content (AvgIpc) is 2.75. The summed E-state index contributed by atoms with van der Waals surface area (Å²) in [6.07, 6.45) is 9.13. The van der Waals surface area contributed by atoms with Crippen LogP contribution < -0.4 is 14.8 Å². The normalized spacial score (nSPS) is 15.4. The lowest BCUT2D eigenvalue weighted by Crippen LogP contribution is -2.01. The molecule has 0 atom stereocenters. The number of aromatic nitrogens is 4. The van der Waals surface area contributed by atoms with Gasteiger partial charge in [0.1, 0.15) is 17.6 Å². The van der Waals surface area contributed by atoms with E-state index < -0.39 is 0 Å². The maximum absolute atomic E-state index is 5.96. The number of hydrogen-bond acceptors (Lipinski definition) is 7. The summed E-state index contributed by atoms with van der Waals surface area (Å²) in [5.74, 6) is 1.82. The lowest BCUT2D eigenvalue weighted by molar-refractivity contribution is 0.315. The molecule has 0 unspecified atom stereocenters. The molecule has 0 amide bonds. The third-order valence-electron chi connectivity index (χ3n) is 4.66. The summed E-state index contributed by atoms with van der Waals surface area (Å²) < 4.78 is 11.9. The van der Waals surface area contributed by atoms with Crippen LogP contribution >= 0.6 is 0 Å². The van der Waals surface area contributed by atoms with Gasteiger partial charge in [-0.25, -0.2) is 19.9 Å². The molecule has 0 saturated heterocycles. The fourth-order valence-electron chi connectivity index (χ4n) is 3.26. The number of fused-ring (bicyclic) bond motifs is 2. The molecule has 0 aliphatic carbocycles. The molecular formula is C22H19N5O2. The van der Waals surface area contributed by atoms with Crippen LogP contribution in [-0.2, 0) is 0 Å². The second kappa shape index (κ2) is 7.71. The van der Waals surface area contributed by atoms with Gasteiger partial charge < -0.3 is 14.8 Å². The Morgan fingerprint density at radius 1 is 0.897 bits per heavy atom. The van der Waals surface area contributed by atoms with Crippen molar-refractivity contribution in [2.75, 3.05) is 18.5 Å². The van der Waals surface area contributed by atoms with Crippen molar-refractivity contribution in [1.82, 2.24) is 19.9 Å². The molecule has 1 aliphatic heterocycles. The molecule has 2 aromatic carbocycles. The van der Waals surface area contributed by atoms with Crippen molar-refractivity contribution in [3.8, 4) is 11.6 Å². The third kappa shape index (κ3) is 3.67. The van der Waals surface area contributed by atoms with Crippen molar-refractivity contribution in [2.24, 2.45) is 0 Å². The largest absolute Gasteiger partial charge is 0.491 e. The Kier molecular flexibility index (Phi) is 4.62. The number of nitrogens with zero attached hydrogens (tertiary/aromatic N) is 4. The first-order chi connectivity index (χ1) is 14.4. The van der Waals surface area contributed by atoms with Gasteiger partial charge in [-0.15, -0.1) is 0 Å². The number of rotatable bonds is 0. The van der Waals surface area contributed by atoms with Gasteiger partial charge in [0.2, 0.25) is 11.8 Å². The summed E-state index contributed by atoms with van der Waals surface area (Å²) in [6.45, 7) is 1.13. The highest BCUT2D eigenvalue weighted by molar-refractivity contribution is 5.88. The Morgan fingerprint density at radius 3 is 2.72 bits per heavy atom. The van der Waals surface area contributed by atoms with Gasteiger partial charge in [-0.05, 0) is 37.1 Å². The van der Waals surface area contributed by atoms with Crippen LogP contribution in [-0.4, -0.2) is 33.1 Å². The molecule has 7 heteroatoms. The van der Waals surface area contributed by atoms with Gasteiger partial charge in [0.15, 0.2) is 0 Å². The van der Waals surface area contributed by atoms with E-state index in [2.05, 4.69) is 37.4 Å². The fraction of sp³-hybridized carbons (Fsp3) is 0.182. The molecule has 0 fully saturated rings. The number of nitrogens with one attached hydrogen (secondary N) is 1. The first kappa shape index (κ1) is 17.4. The highest BCUT2D eigenvalue weighted by atomic mass is 16.5. The number of anilines is 2. The van der Waals surface area contributed by atoms with Crippen LogP contribution in [0.1, 0.15) is 12.8 Å². The van der Waals surface area contributed by atoms with Crippen molar-refractivity contribution < 1.29 is 9.47 Å². The van der Waals surface area contributed by atoms with E-state index >= 15 is 0 Å². The molecule has 29 heavy (non-hydrogen) atoms. The second-order valence-electron chi connectivity index (χ2n) is 6.67. The summed E-state index contributed by atoms with van der Waals surface area (Å²) in [7, 11) is 0. The SMILES string of the molecule is C1=C\CCOc2cccc3cnc(nc23)Nc2ccc3ncnc(c3c2)OCC/1. The minimum absolute atomic E-state index is 0.497. The molecule has 1 N–H and O–H groups in total. The van der Waals surface area contributed by atoms with Crippen molar-refractivity contribution in [2.45, 2.75) is 12.8 Å². The maximum Gasteiger partial charge on any atom is 0.227 e. The summed E-state index contributed by atoms with van der Waals surface area (Å²) in [5, 5.41) is 5.04. The smallest absolute Gasteiger partial charge is 0.227 e. The summed E-state index contributed by atoms with van der Waals surface area (Å²) >= 11 is 0. The van der Waals surface area contributed by atoms with Gasteiger partial charge in [0, 0.05) is 17.3 Å². The molecule has 2 aromatic heterocycles. The van der Waals surface area contributed by atoms with Crippen LogP contribution in [0.15, 0.2) is 61.1 Å². The molecule has 3 heterocycles. The highest BCUT2D eigenvalue weighted by Gasteiger charge is 2.09. The molecule has 7 nitrogen and oxygen atoms in total. The standard InChI is InChI=1S/C22H19N5O2/c1-2-4-11-29-21-17-12-16(8-9-18(17)24-14-25-21)26-22-23-13-15-6-5-7-19(20(15)27-22)28-10-3-1/h1-2,5-9,12-14H,3-4,10-11H2,(H,23,26,27)/b2-1-. The molecule has 0 spiro atoms. The van der Waals surface area contributed by atoms with Crippen molar-refractivity contribution in [3.05, 3.63) is 61.1 Å². The Balaban J connectivity index is 1.59. The number of ether oxygens (including phenoxy) is 2. The minimum Gasteiger partial charge on any atom is -0.491 e. The predicted octanol–water partition coefficient (Wildman–Crippen LogP) is 4.42. The van der Waals surface area contributed by atoms with E-state index in [9.17, 15) is 0 Å². The zero-order valence-corrected chi connectivity index (χ0v) is 15.7. The van der Waals surface area contributed by atoms with Gasteiger partial charge in [-0.1, -0.05) is 24.3 Å². The van der Waals surface area contributed by atoms with E-state index in [1.807, 2.05) is 36.4 Å². The second-order valence-corrected chi connectivity index (χ2v) is 6.67. The fourth-order valence-corrected chi connectivity index (χ4v) is 3.26. The highest BCUT2D eigenvalue weighted by Crippen LogP contribution is 2.28. The molecule has 144 valence electrons. The molecule has 5 rings (SSSR count). The summed E-state index contributed by atoms with van der Waals surface area (Å²) in [5.41, 5.74) is 2.44. The van der Waals surface area contributed by atoms with E-state index in [1.54, 1.807) is 6.20 Å². The zero-order valence-electron chi connectivity index (χ0n) is 15.7. The number of hydrogen-bond donors (Lipinski definition) is 1.